The van der Waals surface area contributed by atoms with Crippen LogP contribution in [0.4, 0.5) is 5.82 Å². The Balaban J connectivity index is 1.06. The standard InChI is InChI=1S/C28H35N5O3/c1-21-9-10-23-24(18-21)28(36)33(27(23)35)13-5-8-26(34)32-12-4-6-22(20-32)19-30-14-16-31(17-15-30)25-7-2-3-11-29-25/h2-3,7,9-11,18,22H,4-6,8,12-17,19-20H2,1H3. The van der Waals surface area contributed by atoms with Crippen LogP contribution in [0, 0.1) is 12.8 Å². The van der Waals surface area contributed by atoms with Gasteiger partial charge in [-0.05, 0) is 56.4 Å². The van der Waals surface area contributed by atoms with Gasteiger partial charge in [0.25, 0.3) is 11.8 Å². The fourth-order valence-corrected chi connectivity index (χ4v) is 5.66. The van der Waals surface area contributed by atoms with Gasteiger partial charge in [0.05, 0.1) is 11.1 Å². The van der Waals surface area contributed by atoms with E-state index in [0.717, 1.165) is 70.0 Å². The monoisotopic (exact) mass is 489 g/mol. The van der Waals surface area contributed by atoms with Gasteiger partial charge in [-0.3, -0.25) is 24.2 Å². The summed E-state index contributed by atoms with van der Waals surface area (Å²) in [6, 6.07) is 11.4. The Hall–Kier alpha value is -3.26. The van der Waals surface area contributed by atoms with Crippen LogP contribution in [0.5, 0.6) is 0 Å². The van der Waals surface area contributed by atoms with Crippen LogP contribution >= 0.6 is 0 Å². The molecular formula is C28H35N5O3. The van der Waals surface area contributed by atoms with Crippen molar-refractivity contribution in [2.45, 2.75) is 32.6 Å². The predicted octanol–water partition coefficient (Wildman–Crippen LogP) is 2.83. The largest absolute Gasteiger partial charge is 0.354 e. The van der Waals surface area contributed by atoms with Crippen molar-refractivity contribution in [3.63, 3.8) is 0 Å². The van der Waals surface area contributed by atoms with Crippen LogP contribution in [0.15, 0.2) is 42.6 Å². The quantitative estimate of drug-likeness (QED) is 0.557. The van der Waals surface area contributed by atoms with Crippen molar-refractivity contribution in [1.29, 1.82) is 0 Å². The molecular weight excluding hydrogens is 454 g/mol. The van der Waals surface area contributed by atoms with Crippen molar-refractivity contribution < 1.29 is 14.4 Å². The predicted molar refractivity (Wildman–Crippen MR) is 138 cm³/mol. The highest BCUT2D eigenvalue weighted by Gasteiger charge is 2.35. The van der Waals surface area contributed by atoms with Crippen molar-refractivity contribution in [2.75, 3.05) is 57.3 Å². The Bertz CT molecular complexity index is 1110. The summed E-state index contributed by atoms with van der Waals surface area (Å²) in [6.45, 7) is 8.80. The molecule has 190 valence electrons. The molecule has 5 rings (SSSR count). The van der Waals surface area contributed by atoms with Gasteiger partial charge in [0, 0.05) is 65.0 Å². The zero-order valence-corrected chi connectivity index (χ0v) is 21.1. The summed E-state index contributed by atoms with van der Waals surface area (Å²) in [5, 5.41) is 0. The number of likely N-dealkylation sites (tertiary alicyclic amines) is 1. The molecule has 2 fully saturated rings. The van der Waals surface area contributed by atoms with Gasteiger partial charge in [-0.1, -0.05) is 17.7 Å². The average molecular weight is 490 g/mol. The Morgan fingerprint density at radius 2 is 1.81 bits per heavy atom. The molecule has 1 atom stereocenters. The van der Waals surface area contributed by atoms with E-state index in [0.29, 0.717) is 29.9 Å². The van der Waals surface area contributed by atoms with Crippen molar-refractivity contribution in [1.82, 2.24) is 19.7 Å². The van der Waals surface area contributed by atoms with Gasteiger partial charge < -0.3 is 9.80 Å². The lowest BCUT2D eigenvalue weighted by molar-refractivity contribution is -0.133. The summed E-state index contributed by atoms with van der Waals surface area (Å²) in [6.07, 6.45) is 4.89. The van der Waals surface area contributed by atoms with Crippen LogP contribution in [0.3, 0.4) is 0 Å². The number of rotatable bonds is 7. The molecule has 8 nitrogen and oxygen atoms in total. The first-order valence-electron chi connectivity index (χ1n) is 13.1. The number of pyridine rings is 1. The van der Waals surface area contributed by atoms with Crippen molar-refractivity contribution in [3.8, 4) is 0 Å². The maximum absolute atomic E-state index is 12.9. The van der Waals surface area contributed by atoms with Gasteiger partial charge in [0.15, 0.2) is 0 Å². The molecule has 0 N–H and O–H groups in total. The van der Waals surface area contributed by atoms with Gasteiger partial charge in [-0.25, -0.2) is 4.98 Å². The smallest absolute Gasteiger partial charge is 0.261 e. The molecule has 3 aliphatic rings. The highest BCUT2D eigenvalue weighted by Crippen LogP contribution is 2.25. The van der Waals surface area contributed by atoms with Gasteiger partial charge in [-0.2, -0.15) is 0 Å². The number of aryl methyl sites for hydroxylation is 1. The van der Waals surface area contributed by atoms with Crippen LogP contribution in [-0.2, 0) is 4.79 Å². The second-order valence-corrected chi connectivity index (χ2v) is 10.2. The highest BCUT2D eigenvalue weighted by atomic mass is 16.2. The van der Waals surface area contributed by atoms with Crippen LogP contribution < -0.4 is 4.90 Å². The summed E-state index contributed by atoms with van der Waals surface area (Å²) < 4.78 is 0. The first kappa shape index (κ1) is 24.4. The number of hydrogen-bond donors (Lipinski definition) is 0. The number of imide groups is 1. The van der Waals surface area contributed by atoms with Gasteiger partial charge >= 0.3 is 0 Å². The number of carbonyl (C=O) groups excluding carboxylic acids is 3. The fraction of sp³-hybridized carbons (Fsp3) is 0.500. The van der Waals surface area contributed by atoms with E-state index in [-0.39, 0.29) is 24.3 Å². The van der Waals surface area contributed by atoms with E-state index < -0.39 is 0 Å². The molecule has 3 amide bonds. The highest BCUT2D eigenvalue weighted by molar-refractivity contribution is 6.21. The lowest BCUT2D eigenvalue weighted by atomic mass is 9.96. The van der Waals surface area contributed by atoms with Crippen molar-refractivity contribution in [2.24, 2.45) is 5.92 Å². The third-order valence-electron chi connectivity index (χ3n) is 7.63. The van der Waals surface area contributed by atoms with E-state index in [9.17, 15) is 14.4 Å². The number of piperidine rings is 1. The van der Waals surface area contributed by atoms with Crippen LogP contribution in [0.1, 0.15) is 52.0 Å². The summed E-state index contributed by atoms with van der Waals surface area (Å²) in [7, 11) is 0. The van der Waals surface area contributed by atoms with E-state index >= 15 is 0 Å². The van der Waals surface area contributed by atoms with E-state index in [2.05, 4.69) is 20.9 Å². The van der Waals surface area contributed by atoms with E-state index in [1.807, 2.05) is 36.2 Å². The molecule has 8 heteroatoms. The minimum absolute atomic E-state index is 0.132. The molecule has 1 aromatic carbocycles. The number of anilines is 1. The second-order valence-electron chi connectivity index (χ2n) is 10.2. The Kier molecular flexibility index (Phi) is 7.32. The van der Waals surface area contributed by atoms with Crippen LogP contribution in [-0.4, -0.2) is 89.8 Å². The van der Waals surface area contributed by atoms with Crippen molar-refractivity contribution >= 4 is 23.5 Å². The normalized spacial score (nSPS) is 20.7. The first-order chi connectivity index (χ1) is 17.5. The van der Waals surface area contributed by atoms with E-state index in [1.54, 1.807) is 12.1 Å². The number of nitrogens with zero attached hydrogens (tertiary/aromatic N) is 5. The van der Waals surface area contributed by atoms with Crippen LogP contribution in [0.2, 0.25) is 0 Å². The molecule has 4 heterocycles. The number of hydrogen-bond acceptors (Lipinski definition) is 6. The van der Waals surface area contributed by atoms with Crippen LogP contribution in [0.25, 0.3) is 0 Å². The maximum Gasteiger partial charge on any atom is 0.261 e. The van der Waals surface area contributed by atoms with Gasteiger partial charge in [-0.15, -0.1) is 0 Å². The van der Waals surface area contributed by atoms with Gasteiger partial charge in [0.1, 0.15) is 5.82 Å². The molecule has 0 radical (unpaired) electrons. The number of fused-ring (bicyclic) bond motifs is 1. The Morgan fingerprint density at radius 3 is 2.58 bits per heavy atom. The SMILES string of the molecule is Cc1ccc2c(c1)C(=O)N(CCCC(=O)N1CCCC(CN3CCN(c4ccccn4)CC3)C1)C2=O. The molecule has 1 aromatic heterocycles. The zero-order valence-electron chi connectivity index (χ0n) is 21.1. The zero-order chi connectivity index (χ0) is 25.1. The molecule has 36 heavy (non-hydrogen) atoms. The summed E-state index contributed by atoms with van der Waals surface area (Å²) in [5.74, 6) is 1.18. The fourth-order valence-electron chi connectivity index (χ4n) is 5.66. The average Bonchev–Trinajstić information content (AvgIpc) is 3.14. The minimum Gasteiger partial charge on any atom is -0.354 e. The lowest BCUT2D eigenvalue weighted by Crippen LogP contribution is -2.50. The Morgan fingerprint density at radius 1 is 1.00 bits per heavy atom. The number of benzene rings is 1. The third-order valence-corrected chi connectivity index (χ3v) is 7.63. The molecule has 0 bridgehead atoms. The molecule has 0 saturated carbocycles. The maximum atomic E-state index is 12.9. The molecule has 0 spiro atoms. The summed E-state index contributed by atoms with van der Waals surface area (Å²) >= 11 is 0. The summed E-state index contributed by atoms with van der Waals surface area (Å²) in [5.41, 5.74) is 1.91. The minimum atomic E-state index is -0.247. The molecule has 2 aromatic rings. The molecule has 1 unspecified atom stereocenters. The third kappa shape index (κ3) is 5.28. The van der Waals surface area contributed by atoms with Gasteiger partial charge in [0.2, 0.25) is 5.91 Å². The summed E-state index contributed by atoms with van der Waals surface area (Å²) in [4.78, 5) is 50.8. The number of aromatic nitrogens is 1. The number of piperazine rings is 1. The first-order valence-corrected chi connectivity index (χ1v) is 13.1. The molecule has 2 saturated heterocycles. The topological polar surface area (TPSA) is 77.1 Å². The van der Waals surface area contributed by atoms with E-state index in [4.69, 9.17) is 0 Å². The lowest BCUT2D eigenvalue weighted by Gasteiger charge is -2.39. The number of amides is 3. The number of carbonyl (C=O) groups is 3. The molecule has 3 aliphatic heterocycles. The van der Waals surface area contributed by atoms with Crippen molar-refractivity contribution in [3.05, 3.63) is 59.3 Å². The molecule has 0 aliphatic carbocycles. The second kappa shape index (κ2) is 10.8. The van der Waals surface area contributed by atoms with E-state index in [1.165, 1.54) is 4.90 Å². The Labute approximate surface area is 212 Å².